The van der Waals surface area contributed by atoms with Gasteiger partial charge in [0.05, 0.1) is 36.9 Å². The first-order chi connectivity index (χ1) is 18.9. The zero-order chi connectivity index (χ0) is 27.9. The van der Waals surface area contributed by atoms with Gasteiger partial charge in [0.2, 0.25) is 0 Å². The Bertz CT molecular complexity index is 1400. The summed E-state index contributed by atoms with van der Waals surface area (Å²) >= 11 is 1.29. The van der Waals surface area contributed by atoms with Crippen LogP contribution in [0.5, 0.6) is 11.5 Å². The molecule has 202 valence electrons. The summed E-state index contributed by atoms with van der Waals surface area (Å²) in [6, 6.07) is 19.7. The molecular weight excluding hydrogens is 514 g/mol. The molecule has 0 radical (unpaired) electrons. The number of nitrogens with zero attached hydrogens (tertiary/aromatic N) is 3. The molecule has 3 aromatic carbocycles. The third-order valence-corrected chi connectivity index (χ3v) is 7.37. The Kier molecular flexibility index (Phi) is 8.93. The van der Waals surface area contributed by atoms with Gasteiger partial charge in [-0.3, -0.25) is 9.69 Å². The number of carbonyl (C=O) groups excluding carboxylic acids is 1. The van der Waals surface area contributed by atoms with E-state index < -0.39 is 5.97 Å². The van der Waals surface area contributed by atoms with E-state index in [1.54, 1.807) is 31.3 Å². The maximum Gasteiger partial charge on any atom is 0.335 e. The summed E-state index contributed by atoms with van der Waals surface area (Å²) in [7, 11) is 3.22. The van der Waals surface area contributed by atoms with Crippen LogP contribution in [0.15, 0.2) is 76.6 Å². The molecule has 8 nitrogen and oxygen atoms in total. The lowest BCUT2D eigenvalue weighted by molar-refractivity contribution is -0.122. The van der Waals surface area contributed by atoms with Gasteiger partial charge in [0.15, 0.2) is 5.17 Å². The molecule has 1 N–H and O–H groups in total. The molecule has 3 aromatic rings. The van der Waals surface area contributed by atoms with E-state index >= 15 is 0 Å². The maximum atomic E-state index is 13.7. The molecule has 4 rings (SSSR count). The van der Waals surface area contributed by atoms with Crippen molar-refractivity contribution >= 4 is 46.3 Å². The first-order valence-electron chi connectivity index (χ1n) is 12.6. The fraction of sp³-hybridized carbons (Fsp3) is 0.233. The lowest BCUT2D eigenvalue weighted by atomic mass is 10.1. The van der Waals surface area contributed by atoms with Crippen molar-refractivity contribution in [2.75, 3.05) is 32.2 Å². The van der Waals surface area contributed by atoms with E-state index in [-0.39, 0.29) is 18.0 Å². The van der Waals surface area contributed by atoms with E-state index in [0.717, 1.165) is 29.9 Å². The van der Waals surface area contributed by atoms with E-state index in [1.807, 2.05) is 48.5 Å². The molecule has 0 spiro atoms. The molecule has 0 aromatic heterocycles. The van der Waals surface area contributed by atoms with Crippen molar-refractivity contribution in [3.8, 4) is 11.5 Å². The zero-order valence-electron chi connectivity index (χ0n) is 22.4. The van der Waals surface area contributed by atoms with Crippen molar-refractivity contribution in [3.05, 3.63) is 88.3 Å². The Morgan fingerprint density at radius 1 is 1.00 bits per heavy atom. The number of aromatic carboxylic acids is 1. The second-order valence-electron chi connectivity index (χ2n) is 8.69. The van der Waals surface area contributed by atoms with E-state index in [1.165, 1.54) is 23.9 Å². The third-order valence-electron chi connectivity index (χ3n) is 6.36. The quantitative estimate of drug-likeness (QED) is 0.310. The number of thioether (sulfide) groups is 1. The van der Waals surface area contributed by atoms with Crippen LogP contribution < -0.4 is 14.4 Å². The minimum absolute atomic E-state index is 0.189. The van der Waals surface area contributed by atoms with Crippen LogP contribution in [0.25, 0.3) is 6.08 Å². The number of ether oxygens (including phenoxy) is 2. The van der Waals surface area contributed by atoms with E-state index in [4.69, 9.17) is 14.5 Å². The lowest BCUT2D eigenvalue weighted by Gasteiger charge is -2.22. The van der Waals surface area contributed by atoms with Crippen LogP contribution in [0.1, 0.15) is 35.3 Å². The second-order valence-corrected chi connectivity index (χ2v) is 9.70. The van der Waals surface area contributed by atoms with Gasteiger partial charge < -0.3 is 19.5 Å². The van der Waals surface area contributed by atoms with Gasteiger partial charge in [-0.15, -0.1) is 0 Å². The molecule has 0 atom stereocenters. The average molecular weight is 546 g/mol. The third kappa shape index (κ3) is 6.43. The Hall–Kier alpha value is -4.24. The van der Waals surface area contributed by atoms with Gasteiger partial charge in [-0.05, 0) is 85.8 Å². The monoisotopic (exact) mass is 545 g/mol. The normalized spacial score (nSPS) is 15.2. The summed E-state index contributed by atoms with van der Waals surface area (Å²) in [6.07, 6.45) is 1.83. The predicted octanol–water partition coefficient (Wildman–Crippen LogP) is 6.05. The van der Waals surface area contributed by atoms with Crippen molar-refractivity contribution < 1.29 is 24.2 Å². The highest BCUT2D eigenvalue weighted by Gasteiger charge is 2.34. The molecule has 1 aliphatic heterocycles. The number of amides is 1. The molecular formula is C30H31N3O5S. The number of hydrogen-bond acceptors (Lipinski definition) is 7. The summed E-state index contributed by atoms with van der Waals surface area (Å²) in [4.78, 5) is 34.0. The first kappa shape index (κ1) is 27.8. The molecule has 0 saturated carbocycles. The van der Waals surface area contributed by atoms with E-state index in [9.17, 15) is 14.7 Å². The predicted molar refractivity (Wildman–Crippen MR) is 156 cm³/mol. The molecule has 1 aliphatic rings. The van der Waals surface area contributed by atoms with Gasteiger partial charge in [-0.25, -0.2) is 9.79 Å². The smallest absolute Gasteiger partial charge is 0.335 e. The number of hydrogen-bond donors (Lipinski definition) is 1. The summed E-state index contributed by atoms with van der Waals surface area (Å²) in [5.74, 6) is 0.203. The van der Waals surface area contributed by atoms with Crippen molar-refractivity contribution in [1.82, 2.24) is 4.90 Å². The lowest BCUT2D eigenvalue weighted by Crippen LogP contribution is -2.28. The molecule has 1 amide bonds. The SMILES string of the molecule is CCN(CC)c1ccc(/C=C2\SC(=Nc3ccc(OC)cc3)N(Cc3ccc(C(=O)O)cc3)C2=O)c(OC)c1. The van der Waals surface area contributed by atoms with Crippen molar-refractivity contribution in [1.29, 1.82) is 0 Å². The zero-order valence-corrected chi connectivity index (χ0v) is 23.2. The Morgan fingerprint density at radius 3 is 2.28 bits per heavy atom. The highest BCUT2D eigenvalue weighted by atomic mass is 32.2. The van der Waals surface area contributed by atoms with Gasteiger partial charge in [0.1, 0.15) is 11.5 Å². The van der Waals surface area contributed by atoms with Gasteiger partial charge in [-0.1, -0.05) is 12.1 Å². The Labute approximate surface area is 232 Å². The van der Waals surface area contributed by atoms with Gasteiger partial charge >= 0.3 is 5.97 Å². The molecule has 0 aliphatic carbocycles. The van der Waals surface area contributed by atoms with E-state index in [0.29, 0.717) is 27.3 Å². The average Bonchev–Trinajstić information content (AvgIpc) is 3.23. The Morgan fingerprint density at radius 2 is 1.69 bits per heavy atom. The molecule has 9 heteroatoms. The molecule has 39 heavy (non-hydrogen) atoms. The fourth-order valence-corrected chi connectivity index (χ4v) is 5.17. The van der Waals surface area contributed by atoms with Crippen LogP contribution in [0, 0.1) is 0 Å². The number of rotatable bonds is 10. The highest BCUT2D eigenvalue weighted by molar-refractivity contribution is 8.18. The van der Waals surface area contributed by atoms with Gasteiger partial charge in [0, 0.05) is 30.4 Å². The number of carboxylic acid groups (broad SMARTS) is 1. The maximum absolute atomic E-state index is 13.7. The summed E-state index contributed by atoms with van der Waals surface area (Å²) in [5.41, 5.74) is 3.51. The summed E-state index contributed by atoms with van der Waals surface area (Å²) in [6.45, 7) is 6.21. The van der Waals surface area contributed by atoms with Gasteiger partial charge in [0.25, 0.3) is 5.91 Å². The van der Waals surface area contributed by atoms with Gasteiger partial charge in [-0.2, -0.15) is 0 Å². The molecule has 1 saturated heterocycles. The molecule has 1 fully saturated rings. The van der Waals surface area contributed by atoms with Crippen LogP contribution >= 0.6 is 11.8 Å². The topological polar surface area (TPSA) is 91.7 Å². The Balaban J connectivity index is 1.70. The number of benzene rings is 3. The van der Waals surface area contributed by atoms with Crippen molar-refractivity contribution in [2.45, 2.75) is 20.4 Å². The van der Waals surface area contributed by atoms with Crippen LogP contribution in [0.3, 0.4) is 0 Å². The number of aliphatic imine (C=N–C) groups is 1. The molecule has 0 unspecified atom stereocenters. The van der Waals surface area contributed by atoms with Crippen molar-refractivity contribution in [2.24, 2.45) is 4.99 Å². The van der Waals surface area contributed by atoms with E-state index in [2.05, 4.69) is 18.7 Å². The first-order valence-corrected chi connectivity index (χ1v) is 13.4. The number of anilines is 1. The number of methoxy groups -OCH3 is 2. The highest BCUT2D eigenvalue weighted by Crippen LogP contribution is 2.37. The van der Waals surface area contributed by atoms with Crippen LogP contribution in [0.2, 0.25) is 0 Å². The largest absolute Gasteiger partial charge is 0.497 e. The number of carbonyl (C=O) groups is 2. The minimum Gasteiger partial charge on any atom is -0.497 e. The fourth-order valence-electron chi connectivity index (χ4n) is 4.18. The number of carboxylic acids is 1. The van der Waals surface area contributed by atoms with Crippen LogP contribution in [-0.2, 0) is 11.3 Å². The minimum atomic E-state index is -0.998. The van der Waals surface area contributed by atoms with Crippen LogP contribution in [0.4, 0.5) is 11.4 Å². The molecule has 1 heterocycles. The molecule has 0 bridgehead atoms. The summed E-state index contributed by atoms with van der Waals surface area (Å²) in [5, 5.41) is 9.75. The second kappa shape index (κ2) is 12.5. The standard InChI is InChI=1S/C30H31N3O5S/c1-5-32(6-2)24-14-11-22(26(18-24)38-4)17-27-28(34)33(19-20-7-9-21(10-8-20)29(35)36)30(39-27)31-23-12-15-25(37-3)16-13-23/h7-18H,5-6,19H2,1-4H3,(H,35,36)/b27-17-,31-30?. The van der Waals surface area contributed by atoms with Crippen LogP contribution in [-0.4, -0.2) is 54.4 Å². The summed E-state index contributed by atoms with van der Waals surface area (Å²) < 4.78 is 10.9. The number of amidine groups is 1. The van der Waals surface area contributed by atoms with Crippen molar-refractivity contribution in [3.63, 3.8) is 0 Å².